The first-order chi connectivity index (χ1) is 28.1. The summed E-state index contributed by atoms with van der Waals surface area (Å²) in [7, 11) is -3.99. The summed E-state index contributed by atoms with van der Waals surface area (Å²) in [6, 6.07) is 11.7. The molecular weight excluding hydrogens is 743 g/mol. The molecule has 3 aromatic rings. The van der Waals surface area contributed by atoms with Gasteiger partial charge in [-0.25, -0.2) is 18.4 Å². The van der Waals surface area contributed by atoms with Crippen molar-refractivity contribution in [3.63, 3.8) is 0 Å². The highest BCUT2D eigenvalue weighted by Gasteiger charge is 2.41. The number of rotatable bonds is 29. The van der Waals surface area contributed by atoms with E-state index in [1.54, 1.807) is 47.6 Å². The first-order valence-corrected chi connectivity index (χ1v) is 24.3. The summed E-state index contributed by atoms with van der Waals surface area (Å²) in [5.74, 6) is 0.336. The van der Waals surface area contributed by atoms with E-state index in [4.69, 9.17) is 9.73 Å². The van der Waals surface area contributed by atoms with Gasteiger partial charge >= 0.3 is 0 Å². The average Bonchev–Trinajstić information content (AvgIpc) is 3.73. The fraction of sp³-hybridized carbons (Fsp3) is 0.646. The number of fused-ring (bicyclic) bond motifs is 1. The zero-order chi connectivity index (χ0) is 41.6. The number of carbonyl (C=O) groups is 1. The van der Waals surface area contributed by atoms with E-state index >= 15 is 0 Å². The minimum atomic E-state index is -3.99. The molecule has 0 saturated carbocycles. The summed E-state index contributed by atoms with van der Waals surface area (Å²) >= 11 is 0. The van der Waals surface area contributed by atoms with E-state index in [1.807, 2.05) is 18.2 Å². The van der Waals surface area contributed by atoms with Crippen molar-refractivity contribution in [3.05, 3.63) is 66.7 Å². The topological polar surface area (TPSA) is 106 Å². The maximum Gasteiger partial charge on any atom is 0.267 e. The van der Waals surface area contributed by atoms with Crippen LogP contribution in [-0.4, -0.2) is 47.2 Å². The lowest BCUT2D eigenvalue weighted by Gasteiger charge is -2.34. The fourth-order valence-corrected chi connectivity index (χ4v) is 9.34. The van der Waals surface area contributed by atoms with Gasteiger partial charge in [0.2, 0.25) is 0 Å². The number of nitrogens with one attached hydrogen (secondary N) is 1. The predicted octanol–water partition coefficient (Wildman–Crippen LogP) is 13.1. The smallest absolute Gasteiger partial charge is 0.267 e. The van der Waals surface area contributed by atoms with Gasteiger partial charge in [0.15, 0.2) is 11.9 Å². The first-order valence-electron chi connectivity index (χ1n) is 22.8. The van der Waals surface area contributed by atoms with Crippen LogP contribution in [-0.2, 0) is 20.2 Å². The Hall–Kier alpha value is -3.66. The Balaban J connectivity index is 1.43. The number of hydrogen-bond acceptors (Lipinski definition) is 6. The number of benzene rings is 2. The van der Waals surface area contributed by atoms with Crippen LogP contribution in [0.3, 0.4) is 0 Å². The predicted molar refractivity (Wildman–Crippen MR) is 241 cm³/mol. The number of sulfonamides is 1. The van der Waals surface area contributed by atoms with E-state index < -0.39 is 22.0 Å². The molecule has 9 nitrogen and oxygen atoms in total. The molecule has 1 atom stereocenters. The van der Waals surface area contributed by atoms with E-state index in [2.05, 4.69) is 44.9 Å². The molecule has 1 amide bonds. The van der Waals surface area contributed by atoms with Gasteiger partial charge in [0.25, 0.3) is 15.9 Å². The van der Waals surface area contributed by atoms with Gasteiger partial charge in [-0.3, -0.25) is 9.10 Å². The summed E-state index contributed by atoms with van der Waals surface area (Å²) in [6.45, 7) is 11.7. The van der Waals surface area contributed by atoms with Crippen molar-refractivity contribution in [1.29, 1.82) is 0 Å². The standard InChI is InChI=1S/C48H75N5O4S/c1-6-8-10-12-14-15-16-17-18-19-20-21-22-23-24-28-35-53-46(50-41-30-26-27-31-44(41)58(53,55)56)45(52-36-34-49-39-52)47(54)51-42-38-40(48(3,4)5)32-33-43(42)57-37-29-25-13-11-9-7-2/h26-27,30-34,36,38-39,45H,6-25,28-29,35,37H2,1-5H3,(H,51,54). The maximum atomic E-state index is 14.7. The molecule has 0 spiro atoms. The van der Waals surface area contributed by atoms with Crippen LogP contribution < -0.4 is 10.1 Å². The monoisotopic (exact) mass is 818 g/mol. The van der Waals surface area contributed by atoms with Crippen LogP contribution in [0.1, 0.15) is 187 Å². The van der Waals surface area contributed by atoms with Crippen molar-refractivity contribution in [3.8, 4) is 5.75 Å². The van der Waals surface area contributed by atoms with Crippen LogP contribution in [0.4, 0.5) is 11.4 Å². The highest BCUT2D eigenvalue weighted by Crippen LogP contribution is 2.37. The van der Waals surface area contributed by atoms with Crippen LogP contribution in [0.2, 0.25) is 0 Å². The molecule has 322 valence electrons. The average molecular weight is 818 g/mol. The fourth-order valence-electron chi connectivity index (χ4n) is 7.72. The molecule has 2 heterocycles. The number of amides is 1. The van der Waals surface area contributed by atoms with Crippen molar-refractivity contribution < 1.29 is 17.9 Å². The van der Waals surface area contributed by atoms with Gasteiger partial charge in [-0.1, -0.05) is 181 Å². The quantitative estimate of drug-likeness (QED) is 0.0702. The van der Waals surface area contributed by atoms with Gasteiger partial charge in [-0.05, 0) is 48.1 Å². The van der Waals surface area contributed by atoms with Crippen molar-refractivity contribution in [2.75, 3.05) is 18.5 Å². The molecule has 0 fully saturated rings. The third kappa shape index (κ3) is 14.9. The minimum absolute atomic E-state index is 0.156. The zero-order valence-corrected chi connectivity index (χ0v) is 37.5. The second kappa shape index (κ2) is 25.1. The van der Waals surface area contributed by atoms with E-state index in [9.17, 15) is 13.2 Å². The van der Waals surface area contributed by atoms with Gasteiger partial charge in [0.05, 0.1) is 24.3 Å². The molecule has 0 aliphatic carbocycles. The molecule has 1 N–H and O–H groups in total. The molecule has 0 bridgehead atoms. The van der Waals surface area contributed by atoms with Crippen molar-refractivity contribution >= 4 is 33.1 Å². The normalized spacial score (nSPS) is 14.2. The number of para-hydroxylation sites is 1. The van der Waals surface area contributed by atoms with E-state index in [0.717, 1.165) is 37.7 Å². The molecule has 0 radical (unpaired) electrons. The zero-order valence-electron chi connectivity index (χ0n) is 36.7. The highest BCUT2D eigenvalue weighted by molar-refractivity contribution is 7.90. The SMILES string of the molecule is CCCCCCCCCCCCCCCCCCN1C(C(C(=O)Nc2cc(C(C)(C)C)ccc2OCCCCCCCC)n2ccnc2)=Nc2ccccc2S1(=O)=O. The molecule has 10 heteroatoms. The summed E-state index contributed by atoms with van der Waals surface area (Å²) in [5.41, 5.74) is 1.76. The minimum Gasteiger partial charge on any atom is -0.491 e. The lowest BCUT2D eigenvalue weighted by molar-refractivity contribution is -0.117. The van der Waals surface area contributed by atoms with E-state index in [-0.39, 0.29) is 22.7 Å². The van der Waals surface area contributed by atoms with Crippen LogP contribution in [0.5, 0.6) is 5.75 Å². The number of aromatic nitrogens is 2. The third-order valence-corrected chi connectivity index (χ3v) is 13.2. The largest absolute Gasteiger partial charge is 0.491 e. The Bertz CT molecular complexity index is 1770. The molecular formula is C48H75N5O4S. The van der Waals surface area contributed by atoms with Crippen molar-refractivity contribution in [1.82, 2.24) is 13.9 Å². The van der Waals surface area contributed by atoms with Crippen molar-refractivity contribution in [2.45, 2.75) is 192 Å². The third-order valence-electron chi connectivity index (χ3n) is 11.3. The number of amidine groups is 1. The summed E-state index contributed by atoms with van der Waals surface area (Å²) in [6.07, 6.45) is 31.5. The van der Waals surface area contributed by atoms with Gasteiger partial charge in [0.1, 0.15) is 10.6 Å². The molecule has 1 aliphatic rings. The lowest BCUT2D eigenvalue weighted by atomic mass is 9.87. The van der Waals surface area contributed by atoms with E-state index in [0.29, 0.717) is 30.2 Å². The first kappa shape index (κ1) is 47.0. The Morgan fingerprint density at radius 3 is 1.84 bits per heavy atom. The number of aliphatic imine (C=N–C) groups is 1. The second-order valence-electron chi connectivity index (χ2n) is 17.3. The summed E-state index contributed by atoms with van der Waals surface area (Å²) in [5, 5.41) is 3.16. The van der Waals surface area contributed by atoms with Crippen LogP contribution >= 0.6 is 0 Å². The van der Waals surface area contributed by atoms with Crippen LogP contribution in [0.15, 0.2) is 71.1 Å². The Kier molecular flexibility index (Phi) is 20.3. The molecule has 0 saturated heterocycles. The lowest BCUT2D eigenvalue weighted by Crippen LogP contribution is -2.47. The van der Waals surface area contributed by atoms with E-state index in [1.165, 1.54) is 107 Å². The second-order valence-corrected chi connectivity index (χ2v) is 19.1. The van der Waals surface area contributed by atoms with Crippen LogP contribution in [0, 0.1) is 0 Å². The van der Waals surface area contributed by atoms with Gasteiger partial charge < -0.3 is 14.6 Å². The van der Waals surface area contributed by atoms with Gasteiger partial charge in [-0.2, -0.15) is 0 Å². The van der Waals surface area contributed by atoms with Crippen LogP contribution in [0.25, 0.3) is 0 Å². The maximum absolute atomic E-state index is 14.7. The Labute approximate surface area is 351 Å². The number of carbonyl (C=O) groups excluding carboxylic acids is 1. The number of nitrogens with zero attached hydrogens (tertiary/aromatic N) is 4. The molecule has 1 aliphatic heterocycles. The molecule has 2 aromatic carbocycles. The number of ether oxygens (including phenoxy) is 1. The Morgan fingerprint density at radius 2 is 1.29 bits per heavy atom. The highest BCUT2D eigenvalue weighted by atomic mass is 32.2. The molecule has 1 aromatic heterocycles. The number of anilines is 1. The molecule has 1 unspecified atom stereocenters. The molecule has 4 rings (SSSR count). The molecule has 58 heavy (non-hydrogen) atoms. The Morgan fingerprint density at radius 1 is 0.741 bits per heavy atom. The number of imidazole rings is 1. The number of unbranched alkanes of at least 4 members (excludes halogenated alkanes) is 20. The van der Waals surface area contributed by atoms with Crippen molar-refractivity contribution in [2.24, 2.45) is 4.99 Å². The summed E-state index contributed by atoms with van der Waals surface area (Å²) < 4.78 is 38.0. The van der Waals surface area contributed by atoms with Gasteiger partial charge in [-0.15, -0.1) is 0 Å². The number of hydrogen-bond donors (Lipinski definition) is 1. The van der Waals surface area contributed by atoms with Gasteiger partial charge in [0, 0.05) is 18.9 Å². The summed E-state index contributed by atoms with van der Waals surface area (Å²) in [4.78, 5) is 24.0.